The zero-order valence-corrected chi connectivity index (χ0v) is 11.0. The summed E-state index contributed by atoms with van der Waals surface area (Å²) in [5.74, 6) is 0. The topological polar surface area (TPSA) is 38.0 Å². The third-order valence-electron chi connectivity index (χ3n) is 1.76. The van der Waals surface area contributed by atoms with E-state index in [-0.39, 0.29) is 5.54 Å². The van der Waals surface area contributed by atoms with Crippen LogP contribution in [0.15, 0.2) is 15.9 Å². The average molecular weight is 277 g/mol. The van der Waals surface area contributed by atoms with Gasteiger partial charge in [0, 0.05) is 23.5 Å². The van der Waals surface area contributed by atoms with Crippen LogP contribution in [0.25, 0.3) is 0 Å². The van der Waals surface area contributed by atoms with Gasteiger partial charge in [0.15, 0.2) is 0 Å². The molecule has 0 aromatic carbocycles. The molecule has 0 atom stereocenters. The number of nitrogens with one attached hydrogen (secondary N) is 1. The number of halogens is 1. The number of nitrogens with two attached hydrogens (primary N) is 1. The molecule has 0 fully saturated rings. The van der Waals surface area contributed by atoms with Gasteiger partial charge in [-0.15, -0.1) is 11.3 Å². The highest BCUT2D eigenvalue weighted by atomic mass is 79.9. The first-order valence-electron chi connectivity index (χ1n) is 4.71. The Balaban J connectivity index is 2.16. The van der Waals surface area contributed by atoms with E-state index in [0.717, 1.165) is 19.5 Å². The smallest absolute Gasteiger partial charge is 0.0701 e. The summed E-state index contributed by atoms with van der Waals surface area (Å²) in [5.41, 5.74) is 5.74. The maximum absolute atomic E-state index is 5.85. The third-order valence-corrected chi connectivity index (χ3v) is 3.44. The van der Waals surface area contributed by atoms with Gasteiger partial charge in [-0.25, -0.2) is 0 Å². The molecule has 1 heterocycles. The maximum atomic E-state index is 5.85. The number of rotatable bonds is 5. The molecule has 0 amide bonds. The molecule has 0 bridgehead atoms. The number of hydrogen-bond acceptors (Lipinski definition) is 3. The highest BCUT2D eigenvalue weighted by Gasteiger charge is 2.08. The van der Waals surface area contributed by atoms with Crippen molar-refractivity contribution in [3.05, 3.63) is 20.8 Å². The molecule has 4 heteroatoms. The second-order valence-electron chi connectivity index (χ2n) is 4.12. The number of thiophene rings is 1. The number of hydrogen-bond donors (Lipinski definition) is 2. The molecule has 1 aromatic heterocycles. The molecule has 1 aromatic rings. The summed E-state index contributed by atoms with van der Waals surface area (Å²) in [6.45, 7) is 5.91. The maximum Gasteiger partial charge on any atom is 0.0701 e. The average Bonchev–Trinajstić information content (AvgIpc) is 2.44. The van der Waals surface area contributed by atoms with E-state index in [1.807, 2.05) is 13.8 Å². The van der Waals surface area contributed by atoms with Gasteiger partial charge in [0.25, 0.3) is 0 Å². The van der Waals surface area contributed by atoms with Crippen LogP contribution >= 0.6 is 27.3 Å². The van der Waals surface area contributed by atoms with Crippen molar-refractivity contribution in [3.8, 4) is 0 Å². The Kier molecular flexibility index (Phi) is 4.57. The van der Waals surface area contributed by atoms with Crippen LogP contribution in [-0.2, 0) is 6.42 Å². The second kappa shape index (κ2) is 5.26. The Bertz CT molecular complexity index is 278. The van der Waals surface area contributed by atoms with Crippen molar-refractivity contribution in [2.45, 2.75) is 25.8 Å². The third kappa shape index (κ3) is 5.10. The zero-order valence-electron chi connectivity index (χ0n) is 8.64. The summed E-state index contributed by atoms with van der Waals surface area (Å²) in [4.78, 5) is 1.40. The van der Waals surface area contributed by atoms with Gasteiger partial charge in [-0.05, 0) is 48.3 Å². The first kappa shape index (κ1) is 12.2. The van der Waals surface area contributed by atoms with Crippen molar-refractivity contribution in [2.75, 3.05) is 13.1 Å². The fourth-order valence-electron chi connectivity index (χ4n) is 1.11. The van der Waals surface area contributed by atoms with Crippen LogP contribution < -0.4 is 11.1 Å². The van der Waals surface area contributed by atoms with E-state index < -0.39 is 0 Å². The van der Waals surface area contributed by atoms with Crippen LogP contribution in [-0.4, -0.2) is 18.6 Å². The van der Waals surface area contributed by atoms with E-state index in [2.05, 4.69) is 33.4 Å². The monoisotopic (exact) mass is 276 g/mol. The van der Waals surface area contributed by atoms with Crippen molar-refractivity contribution < 1.29 is 0 Å². The van der Waals surface area contributed by atoms with E-state index in [1.165, 1.54) is 8.66 Å². The summed E-state index contributed by atoms with van der Waals surface area (Å²) in [7, 11) is 0. The minimum atomic E-state index is -0.115. The quantitative estimate of drug-likeness (QED) is 0.811. The molecular formula is C10H17BrN2S. The molecule has 2 nitrogen and oxygen atoms in total. The summed E-state index contributed by atoms with van der Waals surface area (Å²) >= 11 is 5.24. The zero-order chi connectivity index (χ0) is 10.6. The van der Waals surface area contributed by atoms with E-state index in [9.17, 15) is 0 Å². The summed E-state index contributed by atoms with van der Waals surface area (Å²) < 4.78 is 1.20. The largest absolute Gasteiger partial charge is 0.324 e. The van der Waals surface area contributed by atoms with Crippen LogP contribution in [0.1, 0.15) is 18.7 Å². The van der Waals surface area contributed by atoms with Crippen LogP contribution in [0, 0.1) is 0 Å². The molecule has 1 rings (SSSR count). The van der Waals surface area contributed by atoms with Crippen LogP contribution in [0.4, 0.5) is 0 Å². The van der Waals surface area contributed by atoms with Gasteiger partial charge >= 0.3 is 0 Å². The van der Waals surface area contributed by atoms with Crippen LogP contribution in [0.5, 0.6) is 0 Å². The van der Waals surface area contributed by atoms with E-state index in [4.69, 9.17) is 5.73 Å². The predicted molar refractivity (Wildman–Crippen MR) is 66.9 cm³/mol. The Hall–Kier alpha value is 0.1000. The fourth-order valence-corrected chi connectivity index (χ4v) is 2.59. The standard InChI is InChI=1S/C10H17BrN2S/c1-10(2,12)7-13-6-5-8-3-4-9(11)14-8/h3-4,13H,5-7,12H2,1-2H3. The Morgan fingerprint density at radius 2 is 2.21 bits per heavy atom. The van der Waals surface area contributed by atoms with Gasteiger partial charge < -0.3 is 11.1 Å². The molecule has 0 aliphatic carbocycles. The molecule has 0 aliphatic heterocycles. The minimum absolute atomic E-state index is 0.115. The molecule has 0 aliphatic rings. The molecule has 3 N–H and O–H groups in total. The summed E-state index contributed by atoms with van der Waals surface area (Å²) in [6.07, 6.45) is 1.08. The minimum Gasteiger partial charge on any atom is -0.324 e. The lowest BCUT2D eigenvalue weighted by molar-refractivity contribution is 0.469. The van der Waals surface area contributed by atoms with Crippen molar-refractivity contribution >= 4 is 27.3 Å². The highest BCUT2D eigenvalue weighted by Crippen LogP contribution is 2.21. The first-order chi connectivity index (χ1) is 6.47. The molecule has 0 unspecified atom stereocenters. The Morgan fingerprint density at radius 1 is 1.50 bits per heavy atom. The molecule has 14 heavy (non-hydrogen) atoms. The summed E-state index contributed by atoms with van der Waals surface area (Å²) in [6, 6.07) is 4.25. The lowest BCUT2D eigenvalue weighted by Crippen LogP contribution is -2.43. The Morgan fingerprint density at radius 3 is 2.71 bits per heavy atom. The van der Waals surface area contributed by atoms with Crippen LogP contribution in [0.3, 0.4) is 0 Å². The van der Waals surface area contributed by atoms with Gasteiger partial charge in [-0.3, -0.25) is 0 Å². The molecule has 0 saturated carbocycles. The lowest BCUT2D eigenvalue weighted by atomic mass is 10.1. The second-order valence-corrected chi connectivity index (χ2v) is 6.67. The van der Waals surface area contributed by atoms with Gasteiger partial charge in [0.2, 0.25) is 0 Å². The summed E-state index contributed by atoms with van der Waals surface area (Å²) in [5, 5.41) is 3.35. The van der Waals surface area contributed by atoms with Crippen molar-refractivity contribution in [2.24, 2.45) is 5.73 Å². The molecule has 80 valence electrons. The van der Waals surface area contributed by atoms with Crippen molar-refractivity contribution in [1.29, 1.82) is 0 Å². The van der Waals surface area contributed by atoms with Crippen molar-refractivity contribution in [1.82, 2.24) is 5.32 Å². The van der Waals surface area contributed by atoms with Gasteiger partial charge in [-0.2, -0.15) is 0 Å². The fraction of sp³-hybridized carbons (Fsp3) is 0.600. The van der Waals surface area contributed by atoms with Gasteiger partial charge in [-0.1, -0.05) is 0 Å². The van der Waals surface area contributed by atoms with Gasteiger partial charge in [0.05, 0.1) is 3.79 Å². The first-order valence-corrected chi connectivity index (χ1v) is 6.32. The predicted octanol–water partition coefficient (Wildman–Crippen LogP) is 2.38. The lowest BCUT2D eigenvalue weighted by Gasteiger charge is -2.18. The molecular weight excluding hydrogens is 260 g/mol. The Labute approximate surface area is 98.0 Å². The molecule has 0 saturated heterocycles. The van der Waals surface area contributed by atoms with E-state index in [0.29, 0.717) is 0 Å². The van der Waals surface area contributed by atoms with E-state index >= 15 is 0 Å². The molecule has 0 spiro atoms. The SMILES string of the molecule is CC(C)(N)CNCCc1ccc(Br)s1. The van der Waals surface area contributed by atoms with Gasteiger partial charge in [0.1, 0.15) is 0 Å². The molecule has 0 radical (unpaired) electrons. The highest BCUT2D eigenvalue weighted by molar-refractivity contribution is 9.11. The van der Waals surface area contributed by atoms with Crippen molar-refractivity contribution in [3.63, 3.8) is 0 Å². The van der Waals surface area contributed by atoms with E-state index in [1.54, 1.807) is 11.3 Å². The normalized spacial score (nSPS) is 12.0. The van der Waals surface area contributed by atoms with Crippen LogP contribution in [0.2, 0.25) is 0 Å².